The maximum Gasteiger partial charge on any atom is 0.387 e. The van der Waals surface area contributed by atoms with Gasteiger partial charge in [-0.3, -0.25) is 9.36 Å². The van der Waals surface area contributed by atoms with Crippen LogP contribution in [0.1, 0.15) is 19.8 Å². The summed E-state index contributed by atoms with van der Waals surface area (Å²) in [7, 11) is 0. The van der Waals surface area contributed by atoms with Crippen LogP contribution >= 0.6 is 11.8 Å². The number of nitrogens with one attached hydrogen (secondary N) is 2. The molecule has 1 aromatic carbocycles. The van der Waals surface area contributed by atoms with Crippen LogP contribution in [0.25, 0.3) is 0 Å². The van der Waals surface area contributed by atoms with Crippen molar-refractivity contribution in [2.75, 3.05) is 11.1 Å². The Balaban J connectivity index is 1.87. The summed E-state index contributed by atoms with van der Waals surface area (Å²) in [5, 5.41) is 9.37. The molecule has 25 heavy (non-hydrogen) atoms. The van der Waals surface area contributed by atoms with Crippen LogP contribution in [0, 0.1) is 0 Å². The maximum absolute atomic E-state index is 12.1. The van der Waals surface area contributed by atoms with Gasteiger partial charge >= 0.3 is 12.3 Å². The average Bonchev–Trinajstić information content (AvgIpc) is 2.92. The highest BCUT2D eigenvalue weighted by atomic mass is 32.2. The van der Waals surface area contributed by atoms with E-state index in [4.69, 9.17) is 0 Å². The molecule has 1 aromatic heterocycles. The van der Waals surface area contributed by atoms with E-state index in [1.54, 1.807) is 0 Å². The number of amides is 1. The van der Waals surface area contributed by atoms with Crippen LogP contribution in [0.4, 0.5) is 14.5 Å². The number of unbranched alkanes of at least 4 members (excludes halogenated alkanes) is 1. The lowest BCUT2D eigenvalue weighted by atomic mass is 10.3. The molecular formula is C15H18F2N4O3S. The molecule has 0 saturated heterocycles. The first-order valence-electron chi connectivity index (χ1n) is 7.62. The number of rotatable bonds is 9. The smallest absolute Gasteiger partial charge is 0.387 e. The van der Waals surface area contributed by atoms with Gasteiger partial charge in [0.1, 0.15) is 5.75 Å². The highest BCUT2D eigenvalue weighted by Gasteiger charge is 2.11. The number of carbonyl (C=O) groups excluding carboxylic acids is 1. The van der Waals surface area contributed by atoms with E-state index in [9.17, 15) is 18.4 Å². The van der Waals surface area contributed by atoms with Crippen molar-refractivity contribution < 1.29 is 18.3 Å². The summed E-state index contributed by atoms with van der Waals surface area (Å²) in [6, 6.07) is 5.61. The SMILES string of the molecule is CCCCn1c(SCC(=O)Nc2ccc(OC(F)F)cc2)n[nH]c1=O. The van der Waals surface area contributed by atoms with E-state index in [0.717, 1.165) is 24.6 Å². The molecule has 0 saturated carbocycles. The molecule has 0 aliphatic carbocycles. The fourth-order valence-electron chi connectivity index (χ4n) is 1.97. The van der Waals surface area contributed by atoms with E-state index in [1.807, 2.05) is 6.92 Å². The number of hydrogen-bond acceptors (Lipinski definition) is 5. The van der Waals surface area contributed by atoms with Gasteiger partial charge in [-0.25, -0.2) is 9.89 Å². The van der Waals surface area contributed by atoms with Crippen molar-refractivity contribution in [2.45, 2.75) is 38.1 Å². The second-order valence-electron chi connectivity index (χ2n) is 5.06. The second-order valence-corrected chi connectivity index (χ2v) is 6.00. The van der Waals surface area contributed by atoms with Gasteiger partial charge in [0.15, 0.2) is 5.16 Å². The minimum absolute atomic E-state index is 0.0128. The Labute approximate surface area is 146 Å². The summed E-state index contributed by atoms with van der Waals surface area (Å²) in [6.07, 6.45) is 1.78. The molecule has 0 bridgehead atoms. The van der Waals surface area contributed by atoms with Gasteiger partial charge in [-0.1, -0.05) is 25.1 Å². The van der Waals surface area contributed by atoms with Crippen molar-refractivity contribution >= 4 is 23.4 Å². The molecule has 136 valence electrons. The zero-order valence-electron chi connectivity index (χ0n) is 13.5. The van der Waals surface area contributed by atoms with Crippen LogP contribution in [-0.4, -0.2) is 33.0 Å². The van der Waals surface area contributed by atoms with Crippen LogP contribution in [0.15, 0.2) is 34.2 Å². The number of aromatic amines is 1. The lowest BCUT2D eigenvalue weighted by Crippen LogP contribution is -2.19. The fraction of sp³-hybridized carbons (Fsp3) is 0.400. The molecule has 2 aromatic rings. The van der Waals surface area contributed by atoms with Crippen molar-refractivity contribution in [1.82, 2.24) is 14.8 Å². The number of carbonyl (C=O) groups is 1. The van der Waals surface area contributed by atoms with Gasteiger partial charge in [-0.05, 0) is 30.7 Å². The van der Waals surface area contributed by atoms with Crippen molar-refractivity contribution in [3.05, 3.63) is 34.7 Å². The molecule has 2 rings (SSSR count). The molecular weight excluding hydrogens is 354 g/mol. The Hall–Kier alpha value is -2.36. The molecule has 0 aliphatic rings. The number of ether oxygens (including phenoxy) is 1. The summed E-state index contributed by atoms with van der Waals surface area (Å²) in [5.41, 5.74) is 0.156. The van der Waals surface area contributed by atoms with E-state index < -0.39 is 6.61 Å². The second kappa shape index (κ2) is 9.21. The van der Waals surface area contributed by atoms with Crippen molar-refractivity contribution in [3.8, 4) is 5.75 Å². The Kier molecular flexibility index (Phi) is 6.99. The summed E-state index contributed by atoms with van der Waals surface area (Å²) < 4.78 is 29.9. The number of aromatic nitrogens is 3. The lowest BCUT2D eigenvalue weighted by molar-refractivity contribution is -0.113. The summed E-state index contributed by atoms with van der Waals surface area (Å²) >= 11 is 1.14. The van der Waals surface area contributed by atoms with Crippen LogP contribution in [0.2, 0.25) is 0 Å². The molecule has 1 heterocycles. The molecule has 2 N–H and O–H groups in total. The third-order valence-corrected chi connectivity index (χ3v) is 4.13. The van der Waals surface area contributed by atoms with Crippen LogP contribution in [0.5, 0.6) is 5.75 Å². The molecule has 0 radical (unpaired) electrons. The van der Waals surface area contributed by atoms with E-state index in [0.29, 0.717) is 17.4 Å². The van der Waals surface area contributed by atoms with Crippen LogP contribution < -0.4 is 15.7 Å². The third-order valence-electron chi connectivity index (χ3n) is 3.15. The Morgan fingerprint density at radius 3 is 2.76 bits per heavy atom. The van der Waals surface area contributed by atoms with Gasteiger partial charge < -0.3 is 10.1 Å². The monoisotopic (exact) mass is 372 g/mol. The average molecular weight is 372 g/mol. The van der Waals surface area contributed by atoms with Gasteiger partial charge in [0.2, 0.25) is 5.91 Å². The third kappa shape index (κ3) is 5.89. The van der Waals surface area contributed by atoms with E-state index in [-0.39, 0.29) is 23.1 Å². The summed E-state index contributed by atoms with van der Waals surface area (Å²) in [4.78, 5) is 23.6. The Bertz CT molecular complexity index is 746. The first-order chi connectivity index (χ1) is 12.0. The van der Waals surface area contributed by atoms with E-state index >= 15 is 0 Å². The largest absolute Gasteiger partial charge is 0.435 e. The zero-order chi connectivity index (χ0) is 18.2. The molecule has 10 heteroatoms. The number of hydrogen-bond donors (Lipinski definition) is 2. The normalized spacial score (nSPS) is 10.9. The standard InChI is InChI=1S/C15H18F2N4O3S/c1-2-3-8-21-14(23)19-20-15(21)25-9-12(22)18-10-4-6-11(7-5-10)24-13(16)17/h4-7,13H,2-3,8-9H2,1H3,(H,18,22)(H,19,23). The number of anilines is 1. The quantitative estimate of drug-likeness (QED) is 0.661. The first-order valence-corrected chi connectivity index (χ1v) is 8.61. The van der Waals surface area contributed by atoms with Crippen molar-refractivity contribution in [2.24, 2.45) is 0 Å². The molecule has 0 unspecified atom stereocenters. The number of halogens is 2. The molecule has 7 nitrogen and oxygen atoms in total. The van der Waals surface area contributed by atoms with Gasteiger partial charge in [-0.2, -0.15) is 8.78 Å². The number of alkyl halides is 2. The van der Waals surface area contributed by atoms with Crippen LogP contribution in [-0.2, 0) is 11.3 Å². The Morgan fingerprint density at radius 1 is 1.40 bits per heavy atom. The van der Waals surface area contributed by atoms with Crippen molar-refractivity contribution in [3.63, 3.8) is 0 Å². The minimum atomic E-state index is -2.89. The molecule has 0 fully saturated rings. The summed E-state index contributed by atoms with van der Waals surface area (Å²) in [6.45, 7) is -0.333. The highest BCUT2D eigenvalue weighted by Crippen LogP contribution is 2.19. The predicted molar refractivity (Wildman–Crippen MR) is 90.2 cm³/mol. The minimum Gasteiger partial charge on any atom is -0.435 e. The molecule has 0 spiro atoms. The topological polar surface area (TPSA) is 89.0 Å². The number of H-pyrrole nitrogens is 1. The lowest BCUT2D eigenvalue weighted by Gasteiger charge is -2.08. The first kappa shape index (κ1) is 19.0. The van der Waals surface area contributed by atoms with Gasteiger partial charge in [0.25, 0.3) is 0 Å². The molecule has 0 aliphatic heterocycles. The highest BCUT2D eigenvalue weighted by molar-refractivity contribution is 7.99. The van der Waals surface area contributed by atoms with Gasteiger partial charge in [0, 0.05) is 12.2 Å². The summed E-state index contributed by atoms with van der Waals surface area (Å²) in [5.74, 6) is -0.227. The predicted octanol–water partition coefficient (Wildman–Crippen LogP) is 2.70. The number of benzene rings is 1. The number of thioether (sulfide) groups is 1. The van der Waals surface area contributed by atoms with Gasteiger partial charge in [-0.15, -0.1) is 5.10 Å². The van der Waals surface area contributed by atoms with E-state index in [1.165, 1.54) is 28.8 Å². The van der Waals surface area contributed by atoms with Gasteiger partial charge in [0.05, 0.1) is 5.75 Å². The van der Waals surface area contributed by atoms with E-state index in [2.05, 4.69) is 20.3 Å². The molecule has 0 atom stereocenters. The Morgan fingerprint density at radius 2 is 2.12 bits per heavy atom. The molecule has 1 amide bonds. The number of nitrogens with zero attached hydrogens (tertiary/aromatic N) is 2. The van der Waals surface area contributed by atoms with Crippen molar-refractivity contribution in [1.29, 1.82) is 0 Å². The maximum atomic E-state index is 12.1. The zero-order valence-corrected chi connectivity index (χ0v) is 14.3. The fourth-order valence-corrected chi connectivity index (χ4v) is 2.75. The van der Waals surface area contributed by atoms with Crippen LogP contribution in [0.3, 0.4) is 0 Å².